The molecule has 0 aromatic heterocycles. The van der Waals surface area contributed by atoms with Crippen molar-refractivity contribution in [3.05, 3.63) is 0 Å². The Morgan fingerprint density at radius 1 is 1.14 bits per heavy atom. The first-order valence-corrected chi connectivity index (χ1v) is 9.85. The summed E-state index contributed by atoms with van der Waals surface area (Å²) in [7, 11) is 0.0527. The van der Waals surface area contributed by atoms with Gasteiger partial charge in [0.05, 0.1) is 5.75 Å². The largest absolute Gasteiger partial charge is 0.338 e. The molecule has 0 aromatic carbocycles. The fourth-order valence-corrected chi connectivity index (χ4v) is 4.64. The molecule has 1 amide bonds. The number of rotatable bonds is 6. The molecular weight excluding hydrogens is 302 g/mol. The van der Waals surface area contributed by atoms with Gasteiger partial charge in [0.25, 0.3) is 0 Å². The summed E-state index contributed by atoms with van der Waals surface area (Å²) in [5, 5.41) is 0. The SMILES string of the molecule is CC(=O)N1CCCC1C1CCCN1CCCS(=O)(=O)N(C)C. The summed E-state index contributed by atoms with van der Waals surface area (Å²) < 4.78 is 25.0. The van der Waals surface area contributed by atoms with E-state index in [0.717, 1.165) is 45.3 Å². The second kappa shape index (κ2) is 7.27. The zero-order valence-electron chi connectivity index (χ0n) is 14.0. The number of carbonyl (C=O) groups excluding carboxylic acids is 1. The average molecular weight is 331 g/mol. The van der Waals surface area contributed by atoms with Gasteiger partial charge in [0, 0.05) is 39.6 Å². The molecule has 2 aliphatic heterocycles. The van der Waals surface area contributed by atoms with E-state index in [4.69, 9.17) is 0 Å². The molecule has 2 saturated heterocycles. The van der Waals surface area contributed by atoms with Crippen LogP contribution in [0.4, 0.5) is 0 Å². The molecule has 0 radical (unpaired) electrons. The first kappa shape index (κ1) is 17.7. The Bertz CT molecular complexity index is 492. The van der Waals surface area contributed by atoms with Crippen LogP contribution in [-0.4, -0.2) is 80.0 Å². The van der Waals surface area contributed by atoms with Gasteiger partial charge in [0.1, 0.15) is 0 Å². The summed E-state index contributed by atoms with van der Waals surface area (Å²) in [4.78, 5) is 16.2. The van der Waals surface area contributed by atoms with Crippen molar-refractivity contribution in [1.82, 2.24) is 14.1 Å². The maximum Gasteiger partial charge on any atom is 0.219 e. The highest BCUT2D eigenvalue weighted by Crippen LogP contribution is 2.30. The third-order valence-electron chi connectivity index (χ3n) is 4.97. The summed E-state index contributed by atoms with van der Waals surface area (Å²) in [6, 6.07) is 0.735. The van der Waals surface area contributed by atoms with E-state index in [1.807, 2.05) is 4.90 Å². The molecule has 0 aliphatic carbocycles. The molecule has 0 spiro atoms. The Morgan fingerprint density at radius 2 is 1.77 bits per heavy atom. The maximum absolute atomic E-state index is 11.8. The fraction of sp³-hybridized carbons (Fsp3) is 0.933. The molecule has 0 N–H and O–H groups in total. The highest BCUT2D eigenvalue weighted by molar-refractivity contribution is 7.89. The Labute approximate surface area is 134 Å². The molecule has 22 heavy (non-hydrogen) atoms. The lowest BCUT2D eigenvalue weighted by atomic mass is 10.0. The molecule has 0 bridgehead atoms. The molecule has 2 atom stereocenters. The van der Waals surface area contributed by atoms with Crippen LogP contribution in [0, 0.1) is 0 Å². The van der Waals surface area contributed by atoms with Crippen LogP contribution in [0.1, 0.15) is 39.0 Å². The summed E-state index contributed by atoms with van der Waals surface area (Å²) in [5.41, 5.74) is 0. The van der Waals surface area contributed by atoms with Crippen LogP contribution in [0.15, 0.2) is 0 Å². The summed E-state index contributed by atoms with van der Waals surface area (Å²) in [5.74, 6) is 0.370. The Hall–Kier alpha value is -0.660. The predicted molar refractivity (Wildman–Crippen MR) is 87.1 cm³/mol. The molecular formula is C15H29N3O3S. The van der Waals surface area contributed by atoms with Gasteiger partial charge in [0.15, 0.2) is 0 Å². The van der Waals surface area contributed by atoms with Crippen molar-refractivity contribution in [2.75, 3.05) is 39.5 Å². The van der Waals surface area contributed by atoms with Crippen LogP contribution in [-0.2, 0) is 14.8 Å². The van der Waals surface area contributed by atoms with Crippen LogP contribution in [0.25, 0.3) is 0 Å². The van der Waals surface area contributed by atoms with Gasteiger partial charge >= 0.3 is 0 Å². The monoisotopic (exact) mass is 331 g/mol. The number of hydrogen-bond donors (Lipinski definition) is 0. The number of carbonyl (C=O) groups is 1. The van der Waals surface area contributed by atoms with Crippen LogP contribution in [0.2, 0.25) is 0 Å². The Kier molecular flexibility index (Phi) is 5.85. The smallest absolute Gasteiger partial charge is 0.219 e. The van der Waals surface area contributed by atoms with Crippen LogP contribution in [0.5, 0.6) is 0 Å². The number of sulfonamides is 1. The minimum atomic E-state index is -3.11. The van der Waals surface area contributed by atoms with Gasteiger partial charge in [0.2, 0.25) is 15.9 Å². The van der Waals surface area contributed by atoms with Gasteiger partial charge in [-0.05, 0) is 45.2 Å². The predicted octanol–water partition coefficient (Wildman–Crippen LogP) is 0.743. The molecule has 2 heterocycles. The first-order chi connectivity index (χ1) is 10.3. The van der Waals surface area contributed by atoms with Crippen molar-refractivity contribution in [2.24, 2.45) is 0 Å². The maximum atomic E-state index is 11.8. The zero-order chi connectivity index (χ0) is 16.3. The Balaban J connectivity index is 1.90. The van der Waals surface area contributed by atoms with Gasteiger partial charge in [-0.1, -0.05) is 0 Å². The van der Waals surface area contributed by atoms with Crippen LogP contribution >= 0.6 is 0 Å². The van der Waals surface area contributed by atoms with E-state index in [1.54, 1.807) is 21.0 Å². The van der Waals surface area contributed by atoms with E-state index in [1.165, 1.54) is 4.31 Å². The van der Waals surface area contributed by atoms with Gasteiger partial charge in [-0.2, -0.15) is 0 Å². The summed E-state index contributed by atoms with van der Waals surface area (Å²) in [6.45, 7) is 4.36. The third kappa shape index (κ3) is 4.00. The molecule has 2 aliphatic rings. The van der Waals surface area contributed by atoms with Crippen molar-refractivity contribution in [3.63, 3.8) is 0 Å². The Morgan fingerprint density at radius 3 is 2.41 bits per heavy atom. The molecule has 0 aromatic rings. The topological polar surface area (TPSA) is 60.9 Å². The lowest BCUT2D eigenvalue weighted by molar-refractivity contribution is -0.130. The van der Waals surface area contributed by atoms with Gasteiger partial charge in [-0.15, -0.1) is 0 Å². The van der Waals surface area contributed by atoms with Gasteiger partial charge in [-0.25, -0.2) is 12.7 Å². The van der Waals surface area contributed by atoms with Crippen molar-refractivity contribution in [2.45, 2.75) is 51.1 Å². The summed E-state index contributed by atoms with van der Waals surface area (Å²) >= 11 is 0. The molecule has 6 nitrogen and oxygen atoms in total. The second-order valence-corrected chi connectivity index (χ2v) is 8.92. The van der Waals surface area contributed by atoms with E-state index in [2.05, 4.69) is 4.90 Å². The number of nitrogens with zero attached hydrogens (tertiary/aromatic N) is 3. The number of likely N-dealkylation sites (tertiary alicyclic amines) is 2. The minimum absolute atomic E-state index is 0.171. The number of hydrogen-bond acceptors (Lipinski definition) is 4. The lowest BCUT2D eigenvalue weighted by Crippen LogP contribution is -2.48. The zero-order valence-corrected chi connectivity index (χ0v) is 14.8. The van der Waals surface area contributed by atoms with Crippen molar-refractivity contribution < 1.29 is 13.2 Å². The molecule has 2 rings (SSSR count). The molecule has 128 valence electrons. The highest BCUT2D eigenvalue weighted by atomic mass is 32.2. The highest BCUT2D eigenvalue weighted by Gasteiger charge is 2.38. The third-order valence-corrected chi connectivity index (χ3v) is 6.88. The fourth-order valence-electron chi connectivity index (χ4n) is 3.78. The van der Waals surface area contributed by atoms with E-state index in [0.29, 0.717) is 18.5 Å². The van der Waals surface area contributed by atoms with E-state index in [-0.39, 0.29) is 11.7 Å². The van der Waals surface area contributed by atoms with E-state index < -0.39 is 10.0 Å². The molecule has 7 heteroatoms. The standard InChI is InChI=1S/C15H29N3O3S/c1-13(19)18-11-5-8-15(18)14-7-4-9-17(14)10-6-12-22(20,21)16(2)3/h14-15H,4-12H2,1-3H3. The summed E-state index contributed by atoms with van der Waals surface area (Å²) in [6.07, 6.45) is 5.09. The van der Waals surface area contributed by atoms with Gasteiger partial charge < -0.3 is 4.90 Å². The molecule has 0 saturated carbocycles. The van der Waals surface area contributed by atoms with Gasteiger partial charge in [-0.3, -0.25) is 9.69 Å². The first-order valence-electron chi connectivity index (χ1n) is 8.24. The molecule has 2 fully saturated rings. The normalized spacial score (nSPS) is 27.0. The quantitative estimate of drug-likeness (QED) is 0.720. The van der Waals surface area contributed by atoms with Crippen molar-refractivity contribution >= 4 is 15.9 Å². The second-order valence-electron chi connectivity index (χ2n) is 6.62. The average Bonchev–Trinajstić information content (AvgIpc) is 3.05. The van der Waals surface area contributed by atoms with E-state index >= 15 is 0 Å². The van der Waals surface area contributed by atoms with E-state index in [9.17, 15) is 13.2 Å². The van der Waals surface area contributed by atoms with Crippen molar-refractivity contribution in [3.8, 4) is 0 Å². The minimum Gasteiger partial charge on any atom is -0.338 e. The van der Waals surface area contributed by atoms with Crippen molar-refractivity contribution in [1.29, 1.82) is 0 Å². The number of amides is 1. The van der Waals surface area contributed by atoms with Crippen LogP contribution in [0.3, 0.4) is 0 Å². The van der Waals surface area contributed by atoms with Crippen LogP contribution < -0.4 is 0 Å². The lowest BCUT2D eigenvalue weighted by Gasteiger charge is -2.34. The molecule has 2 unspecified atom stereocenters.